The Bertz CT molecular complexity index is 1420. The van der Waals surface area contributed by atoms with Crippen molar-refractivity contribution in [1.29, 1.82) is 0 Å². The van der Waals surface area contributed by atoms with Crippen LogP contribution in [0.3, 0.4) is 0 Å². The largest absolute Gasteiger partial charge is 0.495 e. The lowest BCUT2D eigenvalue weighted by molar-refractivity contribution is -0.118. The second-order valence-corrected chi connectivity index (χ2v) is 9.48. The summed E-state index contributed by atoms with van der Waals surface area (Å²) < 4.78 is 16.7. The minimum Gasteiger partial charge on any atom is -0.495 e. The third-order valence-electron chi connectivity index (χ3n) is 5.53. The minimum atomic E-state index is -0.335. The van der Waals surface area contributed by atoms with Crippen molar-refractivity contribution < 1.29 is 23.8 Å². The maximum Gasteiger partial charge on any atom is 0.264 e. The molecule has 0 saturated carbocycles. The van der Waals surface area contributed by atoms with Crippen LogP contribution in [0.15, 0.2) is 70.6 Å². The molecule has 0 unspecified atom stereocenters. The van der Waals surface area contributed by atoms with Crippen LogP contribution >= 0.6 is 11.8 Å². The number of nitrogens with zero attached hydrogens (tertiary/aromatic N) is 1. The first kappa shape index (κ1) is 26.8. The van der Waals surface area contributed by atoms with Crippen LogP contribution in [0, 0.1) is 13.8 Å². The third-order valence-corrected chi connectivity index (χ3v) is 6.44. The number of aliphatic imine (C=N–C) groups is 1. The maximum absolute atomic E-state index is 12.6. The Morgan fingerprint density at radius 1 is 1.03 bits per heavy atom. The van der Waals surface area contributed by atoms with Crippen molar-refractivity contribution in [3.05, 3.63) is 82.3 Å². The van der Waals surface area contributed by atoms with E-state index < -0.39 is 0 Å². The molecule has 0 spiro atoms. The average Bonchev–Trinajstić information content (AvgIpc) is 3.24. The molecule has 0 aliphatic carbocycles. The molecular weight excluding hydrogens is 502 g/mol. The zero-order valence-electron chi connectivity index (χ0n) is 21.7. The molecule has 1 aliphatic heterocycles. The van der Waals surface area contributed by atoms with Gasteiger partial charge in [-0.3, -0.25) is 9.59 Å². The van der Waals surface area contributed by atoms with Gasteiger partial charge in [-0.15, -0.1) is 0 Å². The van der Waals surface area contributed by atoms with Crippen molar-refractivity contribution in [3.63, 3.8) is 0 Å². The van der Waals surface area contributed by atoms with Crippen LogP contribution in [0.4, 0.5) is 11.4 Å². The van der Waals surface area contributed by atoms with E-state index in [-0.39, 0.29) is 18.4 Å². The quantitative estimate of drug-likeness (QED) is 0.348. The van der Waals surface area contributed by atoms with Crippen LogP contribution in [-0.4, -0.2) is 37.3 Å². The summed E-state index contributed by atoms with van der Waals surface area (Å²) in [5.74, 6) is 0.899. The highest BCUT2D eigenvalue weighted by Crippen LogP contribution is 2.33. The fourth-order valence-corrected chi connectivity index (χ4v) is 4.59. The highest BCUT2D eigenvalue weighted by molar-refractivity contribution is 8.18. The van der Waals surface area contributed by atoms with E-state index in [2.05, 4.69) is 21.7 Å². The summed E-state index contributed by atoms with van der Waals surface area (Å²) in [4.78, 5) is 30.1. The summed E-state index contributed by atoms with van der Waals surface area (Å²) in [5.41, 5.74) is 4.32. The van der Waals surface area contributed by atoms with Gasteiger partial charge in [-0.05, 0) is 80.1 Å². The Morgan fingerprint density at radius 2 is 1.84 bits per heavy atom. The number of rotatable bonds is 9. The van der Waals surface area contributed by atoms with Gasteiger partial charge in [0.1, 0.15) is 5.75 Å². The van der Waals surface area contributed by atoms with Crippen LogP contribution in [-0.2, 0) is 9.59 Å². The summed E-state index contributed by atoms with van der Waals surface area (Å²) in [6.45, 7) is 6.08. The molecule has 4 rings (SSSR count). The number of methoxy groups -OCH3 is 1. The molecule has 3 aromatic carbocycles. The molecule has 2 amide bonds. The number of para-hydroxylation sites is 2. The molecule has 1 heterocycles. The Morgan fingerprint density at radius 3 is 2.61 bits per heavy atom. The first-order chi connectivity index (χ1) is 18.4. The summed E-state index contributed by atoms with van der Waals surface area (Å²) in [6, 6.07) is 18.4. The van der Waals surface area contributed by atoms with Gasteiger partial charge in [0, 0.05) is 0 Å². The van der Waals surface area contributed by atoms with Crippen LogP contribution in [0.1, 0.15) is 23.6 Å². The zero-order valence-corrected chi connectivity index (χ0v) is 22.5. The van der Waals surface area contributed by atoms with E-state index >= 15 is 0 Å². The van der Waals surface area contributed by atoms with Gasteiger partial charge in [-0.2, -0.15) is 0 Å². The normalized spacial score (nSPS) is 14.9. The number of benzene rings is 3. The Balaban J connectivity index is 1.45. The van der Waals surface area contributed by atoms with Gasteiger partial charge in [0.05, 0.1) is 30.0 Å². The number of nitrogens with one attached hydrogen (secondary N) is 2. The number of aryl methyl sites for hydroxylation is 2. The number of anilines is 1. The number of amidine groups is 1. The highest BCUT2D eigenvalue weighted by Gasteiger charge is 2.24. The molecule has 3 aromatic rings. The first-order valence-electron chi connectivity index (χ1n) is 12.1. The second kappa shape index (κ2) is 12.3. The van der Waals surface area contributed by atoms with Gasteiger partial charge < -0.3 is 24.8 Å². The Kier molecular flexibility index (Phi) is 8.70. The zero-order chi connectivity index (χ0) is 27.1. The van der Waals surface area contributed by atoms with Crippen LogP contribution in [0.5, 0.6) is 17.2 Å². The standard InChI is InChI=1S/C29H29N3O5S/c1-5-36-25-15-20(11-13-24(25)37-17-27(33)30-22-8-6-7-9-23(22)35-4)16-26-28(34)32-29(38-26)31-21-12-10-18(2)14-19(21)3/h6-16H,5,17H2,1-4H3,(H,30,33)(H,31,32,34)/b26-16+. The predicted molar refractivity (Wildman–Crippen MR) is 151 cm³/mol. The van der Waals surface area contributed by atoms with E-state index in [1.54, 1.807) is 49.6 Å². The molecular formula is C29H29N3O5S. The van der Waals surface area contributed by atoms with Gasteiger partial charge in [0.15, 0.2) is 23.3 Å². The van der Waals surface area contributed by atoms with Crippen molar-refractivity contribution in [2.75, 3.05) is 25.6 Å². The third kappa shape index (κ3) is 6.74. The van der Waals surface area contributed by atoms with Crippen molar-refractivity contribution in [2.24, 2.45) is 4.99 Å². The number of carbonyl (C=O) groups excluding carboxylic acids is 2. The number of carbonyl (C=O) groups is 2. The molecule has 0 atom stereocenters. The molecule has 0 aromatic heterocycles. The lowest BCUT2D eigenvalue weighted by atomic mass is 10.1. The molecule has 1 fully saturated rings. The summed E-state index contributed by atoms with van der Waals surface area (Å²) >= 11 is 1.28. The van der Waals surface area contributed by atoms with E-state index in [9.17, 15) is 9.59 Å². The summed E-state index contributed by atoms with van der Waals surface area (Å²) in [6.07, 6.45) is 1.77. The number of thioether (sulfide) groups is 1. The van der Waals surface area contributed by atoms with E-state index in [1.165, 1.54) is 11.8 Å². The number of hydrogen-bond donors (Lipinski definition) is 2. The molecule has 0 bridgehead atoms. The van der Waals surface area contributed by atoms with E-state index in [0.29, 0.717) is 39.6 Å². The van der Waals surface area contributed by atoms with Gasteiger partial charge in [-0.1, -0.05) is 35.9 Å². The minimum absolute atomic E-state index is 0.213. The van der Waals surface area contributed by atoms with Crippen molar-refractivity contribution in [3.8, 4) is 17.2 Å². The molecule has 2 N–H and O–H groups in total. The smallest absolute Gasteiger partial charge is 0.264 e. The molecule has 0 radical (unpaired) electrons. The molecule has 1 saturated heterocycles. The molecule has 38 heavy (non-hydrogen) atoms. The van der Waals surface area contributed by atoms with Crippen molar-refractivity contribution in [1.82, 2.24) is 5.32 Å². The number of ether oxygens (including phenoxy) is 3. The molecule has 196 valence electrons. The second-order valence-electron chi connectivity index (χ2n) is 8.45. The monoisotopic (exact) mass is 531 g/mol. The lowest BCUT2D eigenvalue weighted by Gasteiger charge is -2.13. The highest BCUT2D eigenvalue weighted by atomic mass is 32.2. The van der Waals surface area contributed by atoms with Crippen LogP contribution < -0.4 is 24.8 Å². The summed E-state index contributed by atoms with van der Waals surface area (Å²) in [5, 5.41) is 6.13. The topological polar surface area (TPSA) is 98.3 Å². The van der Waals surface area contributed by atoms with E-state index in [4.69, 9.17) is 14.2 Å². The van der Waals surface area contributed by atoms with Crippen LogP contribution in [0.25, 0.3) is 6.08 Å². The average molecular weight is 532 g/mol. The van der Waals surface area contributed by atoms with Gasteiger partial charge in [0.2, 0.25) is 0 Å². The predicted octanol–water partition coefficient (Wildman–Crippen LogP) is 5.62. The molecule has 8 nitrogen and oxygen atoms in total. The van der Waals surface area contributed by atoms with Crippen molar-refractivity contribution >= 4 is 46.2 Å². The maximum atomic E-state index is 12.6. The number of amides is 2. The van der Waals surface area contributed by atoms with Gasteiger partial charge in [0.25, 0.3) is 11.8 Å². The van der Waals surface area contributed by atoms with E-state index in [0.717, 1.165) is 22.4 Å². The lowest BCUT2D eigenvalue weighted by Crippen LogP contribution is -2.20. The molecule has 1 aliphatic rings. The van der Waals surface area contributed by atoms with Crippen LogP contribution in [0.2, 0.25) is 0 Å². The fraction of sp³-hybridized carbons (Fsp3) is 0.207. The number of hydrogen-bond acceptors (Lipinski definition) is 7. The Labute approximate surface area is 226 Å². The molecule has 9 heteroatoms. The Hall–Kier alpha value is -4.24. The van der Waals surface area contributed by atoms with Crippen molar-refractivity contribution in [2.45, 2.75) is 20.8 Å². The fourth-order valence-electron chi connectivity index (χ4n) is 3.75. The SMILES string of the molecule is CCOc1cc(/C=C2/SC(=Nc3ccc(C)cc3C)NC2=O)ccc1OCC(=O)Nc1ccccc1OC. The van der Waals surface area contributed by atoms with E-state index in [1.807, 2.05) is 39.0 Å². The van der Waals surface area contributed by atoms with Gasteiger partial charge >= 0.3 is 0 Å². The summed E-state index contributed by atoms with van der Waals surface area (Å²) in [7, 11) is 1.54. The van der Waals surface area contributed by atoms with Gasteiger partial charge in [-0.25, -0.2) is 4.99 Å². The first-order valence-corrected chi connectivity index (χ1v) is 12.9.